The van der Waals surface area contributed by atoms with Crippen LogP contribution in [-0.4, -0.2) is 36.4 Å². The normalized spacial score (nSPS) is 11.8. The summed E-state index contributed by atoms with van der Waals surface area (Å²) in [5, 5.41) is 18.5. The molecule has 0 saturated carbocycles. The molecule has 0 saturated heterocycles. The standard InChI is InChI=1S/C27H27FN6O/c1-17-6-4-9-22(31-17)25-24(32-26(33-25)29-14-18-7-5-8-21(28)12-18)19-10-11-23-20(13-19)15-30-34(23)27(2,3)16-35/h4-13,15,35H,14,16H2,1-3H3,(H2,29,32,33). The van der Waals surface area contributed by atoms with Gasteiger partial charge in [0, 0.05) is 23.2 Å². The smallest absolute Gasteiger partial charge is 0.201 e. The summed E-state index contributed by atoms with van der Waals surface area (Å²) >= 11 is 0. The molecule has 0 aliphatic carbocycles. The molecule has 0 aliphatic heterocycles. The van der Waals surface area contributed by atoms with Crippen LogP contribution >= 0.6 is 0 Å². The molecule has 3 aromatic heterocycles. The molecule has 0 fully saturated rings. The van der Waals surface area contributed by atoms with E-state index in [1.807, 2.05) is 67.9 Å². The van der Waals surface area contributed by atoms with Crippen molar-refractivity contribution in [2.75, 3.05) is 11.9 Å². The zero-order valence-corrected chi connectivity index (χ0v) is 19.9. The van der Waals surface area contributed by atoms with Gasteiger partial charge in [-0.1, -0.05) is 24.3 Å². The van der Waals surface area contributed by atoms with E-state index in [9.17, 15) is 9.50 Å². The Balaban J connectivity index is 1.55. The van der Waals surface area contributed by atoms with E-state index < -0.39 is 5.54 Å². The van der Waals surface area contributed by atoms with Crippen molar-refractivity contribution in [3.05, 3.63) is 83.9 Å². The van der Waals surface area contributed by atoms with Crippen LogP contribution in [0.5, 0.6) is 0 Å². The van der Waals surface area contributed by atoms with Gasteiger partial charge in [0.15, 0.2) is 0 Å². The third-order valence-corrected chi connectivity index (χ3v) is 6.00. The van der Waals surface area contributed by atoms with Gasteiger partial charge in [0.2, 0.25) is 5.95 Å². The van der Waals surface area contributed by atoms with Gasteiger partial charge in [0.05, 0.1) is 40.9 Å². The Labute approximate surface area is 202 Å². The Morgan fingerprint density at radius 1 is 1.06 bits per heavy atom. The molecule has 3 N–H and O–H groups in total. The average molecular weight is 471 g/mol. The Bertz CT molecular complexity index is 1500. The molecule has 178 valence electrons. The number of anilines is 1. The van der Waals surface area contributed by atoms with E-state index in [1.54, 1.807) is 12.3 Å². The Morgan fingerprint density at radius 2 is 1.89 bits per heavy atom. The van der Waals surface area contributed by atoms with Crippen molar-refractivity contribution in [2.45, 2.75) is 32.9 Å². The van der Waals surface area contributed by atoms with Gasteiger partial charge in [0.25, 0.3) is 0 Å². The fourth-order valence-corrected chi connectivity index (χ4v) is 4.10. The van der Waals surface area contributed by atoms with E-state index in [-0.39, 0.29) is 12.4 Å². The number of fused-ring (bicyclic) bond motifs is 1. The minimum atomic E-state index is -0.514. The fourth-order valence-electron chi connectivity index (χ4n) is 4.10. The van der Waals surface area contributed by atoms with Gasteiger partial charge >= 0.3 is 0 Å². The van der Waals surface area contributed by atoms with Crippen molar-refractivity contribution in [3.8, 4) is 22.6 Å². The van der Waals surface area contributed by atoms with Gasteiger partial charge < -0.3 is 15.4 Å². The number of aryl methyl sites for hydroxylation is 1. The van der Waals surface area contributed by atoms with Crippen molar-refractivity contribution >= 4 is 16.9 Å². The number of nitrogens with zero attached hydrogens (tertiary/aromatic N) is 4. The zero-order chi connectivity index (χ0) is 24.6. The summed E-state index contributed by atoms with van der Waals surface area (Å²) < 4.78 is 15.4. The molecular weight excluding hydrogens is 443 g/mol. The van der Waals surface area contributed by atoms with E-state index in [1.165, 1.54) is 12.1 Å². The molecule has 0 bridgehead atoms. The molecule has 5 aromatic rings. The van der Waals surface area contributed by atoms with E-state index in [4.69, 9.17) is 4.98 Å². The highest BCUT2D eigenvalue weighted by Crippen LogP contribution is 2.33. The minimum absolute atomic E-state index is 0.0194. The molecule has 0 atom stereocenters. The first kappa shape index (κ1) is 22.7. The Morgan fingerprint density at radius 3 is 2.66 bits per heavy atom. The van der Waals surface area contributed by atoms with Gasteiger partial charge in [-0.3, -0.25) is 9.67 Å². The molecule has 0 radical (unpaired) electrons. The second-order valence-corrected chi connectivity index (χ2v) is 9.26. The van der Waals surface area contributed by atoms with E-state index in [0.29, 0.717) is 12.5 Å². The lowest BCUT2D eigenvalue weighted by Gasteiger charge is -2.23. The van der Waals surface area contributed by atoms with Gasteiger partial charge in [-0.05, 0) is 62.7 Å². The number of pyridine rings is 1. The van der Waals surface area contributed by atoms with Crippen LogP contribution in [0.3, 0.4) is 0 Å². The number of nitrogens with one attached hydrogen (secondary N) is 2. The first-order valence-corrected chi connectivity index (χ1v) is 11.5. The van der Waals surface area contributed by atoms with E-state index in [0.717, 1.165) is 44.8 Å². The van der Waals surface area contributed by atoms with Crippen LogP contribution in [0.4, 0.5) is 10.3 Å². The Hall–Kier alpha value is -4.04. The molecule has 35 heavy (non-hydrogen) atoms. The molecule has 8 heteroatoms. The first-order valence-electron chi connectivity index (χ1n) is 11.5. The molecule has 5 rings (SSSR count). The molecule has 3 heterocycles. The summed E-state index contributed by atoms with van der Waals surface area (Å²) in [7, 11) is 0. The number of halogens is 1. The highest BCUT2D eigenvalue weighted by Gasteiger charge is 2.23. The molecule has 0 aliphatic rings. The first-order chi connectivity index (χ1) is 16.8. The largest absolute Gasteiger partial charge is 0.394 e. The minimum Gasteiger partial charge on any atom is -0.394 e. The SMILES string of the molecule is Cc1cccc(-c2[nH]c(NCc3cccc(F)c3)nc2-c2ccc3c(cnn3C(C)(C)CO)c2)n1. The summed E-state index contributed by atoms with van der Waals surface area (Å²) in [6, 6.07) is 18.4. The van der Waals surface area contributed by atoms with Crippen molar-refractivity contribution < 1.29 is 9.50 Å². The lowest BCUT2D eigenvalue weighted by Crippen LogP contribution is -2.31. The predicted octanol–water partition coefficient (Wildman–Crippen LogP) is 5.28. The summed E-state index contributed by atoms with van der Waals surface area (Å²) in [5.74, 6) is 0.298. The van der Waals surface area contributed by atoms with Gasteiger partial charge in [-0.25, -0.2) is 9.37 Å². The predicted molar refractivity (Wildman–Crippen MR) is 135 cm³/mol. The molecule has 0 amide bonds. The number of H-pyrrole nitrogens is 1. The van der Waals surface area contributed by atoms with Gasteiger partial charge in [-0.15, -0.1) is 0 Å². The summed E-state index contributed by atoms with van der Waals surface area (Å²) in [6.07, 6.45) is 1.80. The number of aromatic amines is 1. The number of aliphatic hydroxyl groups is 1. The summed E-state index contributed by atoms with van der Waals surface area (Å²) in [6.45, 7) is 6.24. The average Bonchev–Trinajstić information content (AvgIpc) is 3.47. The topological polar surface area (TPSA) is 91.7 Å². The number of hydrogen-bond acceptors (Lipinski definition) is 5. The summed E-state index contributed by atoms with van der Waals surface area (Å²) in [4.78, 5) is 12.9. The number of imidazole rings is 1. The van der Waals surface area contributed by atoms with Crippen molar-refractivity contribution in [2.24, 2.45) is 0 Å². The van der Waals surface area contributed by atoms with Crippen LogP contribution in [0.1, 0.15) is 25.1 Å². The van der Waals surface area contributed by atoms with Gasteiger partial charge in [-0.2, -0.15) is 5.10 Å². The fraction of sp³-hybridized carbons (Fsp3) is 0.222. The molecule has 2 aromatic carbocycles. The Kier molecular flexibility index (Phi) is 5.82. The number of benzene rings is 2. The van der Waals surface area contributed by atoms with Crippen LogP contribution in [0.2, 0.25) is 0 Å². The number of aromatic nitrogens is 5. The zero-order valence-electron chi connectivity index (χ0n) is 19.9. The molecule has 0 spiro atoms. The quantitative estimate of drug-likeness (QED) is 0.301. The van der Waals surface area contributed by atoms with Crippen LogP contribution in [0.15, 0.2) is 66.9 Å². The third kappa shape index (κ3) is 4.52. The molecule has 0 unspecified atom stereocenters. The summed E-state index contributed by atoms with van der Waals surface area (Å²) in [5.41, 5.74) is 5.37. The lowest BCUT2D eigenvalue weighted by atomic mass is 10.0. The van der Waals surface area contributed by atoms with E-state index >= 15 is 0 Å². The lowest BCUT2D eigenvalue weighted by molar-refractivity contribution is 0.156. The van der Waals surface area contributed by atoms with E-state index in [2.05, 4.69) is 20.4 Å². The molecular formula is C27H27FN6O. The van der Waals surface area contributed by atoms with Crippen LogP contribution < -0.4 is 5.32 Å². The number of rotatable bonds is 7. The van der Waals surface area contributed by atoms with Gasteiger partial charge in [0.1, 0.15) is 5.82 Å². The monoisotopic (exact) mass is 470 g/mol. The maximum atomic E-state index is 13.6. The molecule has 7 nitrogen and oxygen atoms in total. The van der Waals surface area contributed by atoms with Crippen molar-refractivity contribution in [3.63, 3.8) is 0 Å². The van der Waals surface area contributed by atoms with Crippen LogP contribution in [0, 0.1) is 12.7 Å². The second-order valence-electron chi connectivity index (χ2n) is 9.26. The highest BCUT2D eigenvalue weighted by atomic mass is 19.1. The number of hydrogen-bond donors (Lipinski definition) is 3. The highest BCUT2D eigenvalue weighted by molar-refractivity contribution is 5.87. The second kappa shape index (κ2) is 8.96. The van der Waals surface area contributed by atoms with Crippen LogP contribution in [0.25, 0.3) is 33.5 Å². The van der Waals surface area contributed by atoms with Crippen molar-refractivity contribution in [1.82, 2.24) is 24.7 Å². The number of aliphatic hydroxyl groups excluding tert-OH is 1. The van der Waals surface area contributed by atoms with Crippen molar-refractivity contribution in [1.29, 1.82) is 0 Å². The maximum Gasteiger partial charge on any atom is 0.201 e. The van der Waals surface area contributed by atoms with Crippen LogP contribution in [-0.2, 0) is 12.1 Å². The third-order valence-electron chi connectivity index (χ3n) is 6.00. The maximum absolute atomic E-state index is 13.6.